The Morgan fingerprint density at radius 2 is 2.20 bits per heavy atom. The van der Waals surface area contributed by atoms with E-state index in [0.717, 1.165) is 39.6 Å². The number of aromatic nitrogens is 1. The number of para-hydroxylation sites is 1. The molecule has 78 valence electrons. The van der Waals surface area contributed by atoms with Gasteiger partial charge in [-0.3, -0.25) is 4.98 Å². The SMILES string of the molecule is CCCc1cc(N)c2cccc(Br)c2n1. The fraction of sp³-hybridized carbons (Fsp3) is 0.250. The number of aryl methyl sites for hydroxylation is 1. The summed E-state index contributed by atoms with van der Waals surface area (Å²) in [7, 11) is 0. The maximum Gasteiger partial charge on any atom is 0.0867 e. The summed E-state index contributed by atoms with van der Waals surface area (Å²) >= 11 is 3.50. The number of halogens is 1. The number of hydrogen-bond acceptors (Lipinski definition) is 2. The summed E-state index contributed by atoms with van der Waals surface area (Å²) in [5.41, 5.74) is 8.83. The molecule has 2 nitrogen and oxygen atoms in total. The van der Waals surface area contributed by atoms with E-state index >= 15 is 0 Å². The first-order chi connectivity index (χ1) is 7.22. The average molecular weight is 265 g/mol. The summed E-state index contributed by atoms with van der Waals surface area (Å²) in [5.74, 6) is 0. The van der Waals surface area contributed by atoms with Gasteiger partial charge in [0.25, 0.3) is 0 Å². The van der Waals surface area contributed by atoms with Gasteiger partial charge in [0.2, 0.25) is 0 Å². The standard InChI is InChI=1S/C12H13BrN2/c1-2-4-8-7-11(14)9-5-3-6-10(13)12(9)15-8/h3,5-7H,2,4H2,1H3,(H2,14,15). The first-order valence-corrected chi connectivity index (χ1v) is 5.85. The largest absolute Gasteiger partial charge is 0.398 e. The number of fused-ring (bicyclic) bond motifs is 1. The number of benzene rings is 1. The minimum atomic E-state index is 0.810. The van der Waals surface area contributed by atoms with Crippen LogP contribution in [-0.4, -0.2) is 4.98 Å². The predicted molar refractivity (Wildman–Crippen MR) is 67.9 cm³/mol. The molecule has 2 aromatic rings. The van der Waals surface area contributed by atoms with Gasteiger partial charge in [0, 0.05) is 21.2 Å². The van der Waals surface area contributed by atoms with Crippen LogP contribution >= 0.6 is 15.9 Å². The molecular weight excluding hydrogens is 252 g/mol. The number of anilines is 1. The molecule has 0 aliphatic rings. The van der Waals surface area contributed by atoms with Crippen LogP contribution < -0.4 is 5.73 Å². The molecule has 0 saturated heterocycles. The van der Waals surface area contributed by atoms with Crippen molar-refractivity contribution in [3.05, 3.63) is 34.4 Å². The molecule has 0 bridgehead atoms. The third kappa shape index (κ3) is 1.97. The van der Waals surface area contributed by atoms with E-state index in [1.807, 2.05) is 24.3 Å². The minimum absolute atomic E-state index is 0.810. The molecule has 0 atom stereocenters. The van der Waals surface area contributed by atoms with Crippen LogP contribution in [0.1, 0.15) is 19.0 Å². The van der Waals surface area contributed by atoms with Gasteiger partial charge in [0.1, 0.15) is 0 Å². The zero-order valence-corrected chi connectivity index (χ0v) is 10.2. The highest BCUT2D eigenvalue weighted by molar-refractivity contribution is 9.10. The summed E-state index contributed by atoms with van der Waals surface area (Å²) in [6.07, 6.45) is 2.06. The van der Waals surface area contributed by atoms with Crippen molar-refractivity contribution in [2.45, 2.75) is 19.8 Å². The van der Waals surface area contributed by atoms with Crippen LogP contribution in [0.4, 0.5) is 5.69 Å². The summed E-state index contributed by atoms with van der Waals surface area (Å²) in [5, 5.41) is 1.02. The summed E-state index contributed by atoms with van der Waals surface area (Å²) < 4.78 is 1.00. The lowest BCUT2D eigenvalue weighted by Gasteiger charge is -2.06. The Hall–Kier alpha value is -1.09. The van der Waals surface area contributed by atoms with Crippen molar-refractivity contribution in [2.24, 2.45) is 0 Å². The number of rotatable bonds is 2. The smallest absolute Gasteiger partial charge is 0.0867 e. The second-order valence-electron chi connectivity index (χ2n) is 3.59. The predicted octanol–water partition coefficient (Wildman–Crippen LogP) is 3.53. The molecular formula is C12H13BrN2. The van der Waals surface area contributed by atoms with Gasteiger partial charge in [0.15, 0.2) is 0 Å². The van der Waals surface area contributed by atoms with Crippen LogP contribution in [0, 0.1) is 0 Å². The maximum absolute atomic E-state index is 6.00. The molecule has 3 heteroatoms. The van der Waals surface area contributed by atoms with E-state index in [1.54, 1.807) is 0 Å². The van der Waals surface area contributed by atoms with Crippen LogP contribution in [0.2, 0.25) is 0 Å². The Morgan fingerprint density at radius 3 is 2.93 bits per heavy atom. The van der Waals surface area contributed by atoms with Crippen molar-refractivity contribution in [3.63, 3.8) is 0 Å². The zero-order chi connectivity index (χ0) is 10.8. The number of nitrogens with zero attached hydrogens (tertiary/aromatic N) is 1. The number of hydrogen-bond donors (Lipinski definition) is 1. The molecule has 0 aliphatic carbocycles. The first kappa shape index (κ1) is 10.4. The second kappa shape index (κ2) is 4.19. The third-order valence-electron chi connectivity index (χ3n) is 2.38. The van der Waals surface area contributed by atoms with Crippen molar-refractivity contribution in [3.8, 4) is 0 Å². The van der Waals surface area contributed by atoms with Crippen LogP contribution in [0.5, 0.6) is 0 Å². The van der Waals surface area contributed by atoms with Crippen LogP contribution in [0.3, 0.4) is 0 Å². The van der Waals surface area contributed by atoms with E-state index < -0.39 is 0 Å². The Labute approximate surface area is 97.6 Å². The topological polar surface area (TPSA) is 38.9 Å². The fourth-order valence-electron chi connectivity index (χ4n) is 1.68. The Kier molecular flexibility index (Phi) is 2.91. The lowest BCUT2D eigenvalue weighted by Crippen LogP contribution is -1.95. The van der Waals surface area contributed by atoms with Crippen molar-refractivity contribution in [1.82, 2.24) is 4.98 Å². The molecule has 0 spiro atoms. The number of nitrogens with two attached hydrogens (primary N) is 1. The number of nitrogen functional groups attached to an aromatic ring is 1. The monoisotopic (exact) mass is 264 g/mol. The van der Waals surface area contributed by atoms with Crippen molar-refractivity contribution < 1.29 is 0 Å². The Bertz CT molecular complexity index is 494. The zero-order valence-electron chi connectivity index (χ0n) is 8.63. The highest BCUT2D eigenvalue weighted by Crippen LogP contribution is 2.27. The number of pyridine rings is 1. The van der Waals surface area contributed by atoms with E-state index in [-0.39, 0.29) is 0 Å². The lowest BCUT2D eigenvalue weighted by atomic mass is 10.1. The molecule has 0 unspecified atom stereocenters. The van der Waals surface area contributed by atoms with Gasteiger partial charge in [-0.15, -0.1) is 0 Å². The summed E-state index contributed by atoms with van der Waals surface area (Å²) in [4.78, 5) is 4.60. The summed E-state index contributed by atoms with van der Waals surface area (Å²) in [6, 6.07) is 7.94. The Balaban J connectivity index is 2.68. The highest BCUT2D eigenvalue weighted by atomic mass is 79.9. The minimum Gasteiger partial charge on any atom is -0.398 e. The molecule has 1 aromatic heterocycles. The molecule has 0 saturated carbocycles. The van der Waals surface area contributed by atoms with Crippen LogP contribution in [0.25, 0.3) is 10.9 Å². The molecule has 2 rings (SSSR count). The molecule has 1 heterocycles. The molecule has 0 amide bonds. The third-order valence-corrected chi connectivity index (χ3v) is 3.02. The second-order valence-corrected chi connectivity index (χ2v) is 4.44. The lowest BCUT2D eigenvalue weighted by molar-refractivity contribution is 0.890. The maximum atomic E-state index is 6.00. The van der Waals surface area contributed by atoms with Crippen molar-refractivity contribution >= 4 is 32.5 Å². The molecule has 0 radical (unpaired) electrons. The average Bonchev–Trinajstić information content (AvgIpc) is 2.20. The molecule has 2 N–H and O–H groups in total. The van der Waals surface area contributed by atoms with Crippen LogP contribution in [0.15, 0.2) is 28.7 Å². The van der Waals surface area contributed by atoms with Crippen molar-refractivity contribution in [1.29, 1.82) is 0 Å². The van der Waals surface area contributed by atoms with E-state index in [4.69, 9.17) is 5.73 Å². The first-order valence-electron chi connectivity index (χ1n) is 5.06. The van der Waals surface area contributed by atoms with Crippen LogP contribution in [-0.2, 0) is 6.42 Å². The van der Waals surface area contributed by atoms with Gasteiger partial charge in [-0.25, -0.2) is 0 Å². The van der Waals surface area contributed by atoms with E-state index in [9.17, 15) is 0 Å². The molecule has 15 heavy (non-hydrogen) atoms. The van der Waals surface area contributed by atoms with E-state index in [2.05, 4.69) is 27.8 Å². The highest BCUT2D eigenvalue weighted by Gasteiger charge is 2.05. The van der Waals surface area contributed by atoms with Gasteiger partial charge in [-0.2, -0.15) is 0 Å². The molecule has 1 aromatic carbocycles. The van der Waals surface area contributed by atoms with E-state index in [0.29, 0.717) is 0 Å². The quantitative estimate of drug-likeness (QED) is 0.902. The van der Waals surface area contributed by atoms with Gasteiger partial charge in [-0.05, 0) is 34.5 Å². The molecule has 0 fully saturated rings. The van der Waals surface area contributed by atoms with Gasteiger partial charge >= 0.3 is 0 Å². The summed E-state index contributed by atoms with van der Waals surface area (Å²) in [6.45, 7) is 2.14. The Morgan fingerprint density at radius 1 is 1.40 bits per heavy atom. The van der Waals surface area contributed by atoms with Crippen molar-refractivity contribution in [2.75, 3.05) is 5.73 Å². The molecule has 0 aliphatic heterocycles. The normalized spacial score (nSPS) is 10.8. The fourth-order valence-corrected chi connectivity index (χ4v) is 2.13. The van der Waals surface area contributed by atoms with Gasteiger partial charge in [0.05, 0.1) is 5.52 Å². The van der Waals surface area contributed by atoms with Gasteiger partial charge in [-0.1, -0.05) is 25.5 Å². The van der Waals surface area contributed by atoms with E-state index in [1.165, 1.54) is 0 Å². The van der Waals surface area contributed by atoms with Gasteiger partial charge < -0.3 is 5.73 Å².